The van der Waals surface area contributed by atoms with Gasteiger partial charge in [0.25, 0.3) is 0 Å². The van der Waals surface area contributed by atoms with E-state index in [-0.39, 0.29) is 6.42 Å². The predicted molar refractivity (Wildman–Crippen MR) is 92.4 cm³/mol. The molecule has 3 atom stereocenters. The highest BCUT2D eigenvalue weighted by Crippen LogP contribution is 2.15. The lowest BCUT2D eigenvalue weighted by atomic mass is 9.97. The Balaban J connectivity index is 3.62. The third kappa shape index (κ3) is 12.7. The Bertz CT molecular complexity index is 297. The van der Waals surface area contributed by atoms with E-state index >= 15 is 0 Å². The summed E-state index contributed by atoms with van der Waals surface area (Å²) in [6.07, 6.45) is 7.94. The summed E-state index contributed by atoms with van der Waals surface area (Å²) < 4.78 is 0. The van der Waals surface area contributed by atoms with E-state index in [1.165, 1.54) is 19.3 Å². The first-order valence-electron chi connectivity index (χ1n) is 9.41. The molecule has 24 heavy (non-hydrogen) atoms. The van der Waals surface area contributed by atoms with Crippen molar-refractivity contribution in [1.29, 1.82) is 0 Å². The molecule has 0 fully saturated rings. The van der Waals surface area contributed by atoms with Gasteiger partial charge in [0.2, 0.25) is 0 Å². The van der Waals surface area contributed by atoms with Crippen LogP contribution < -0.4 is 0 Å². The van der Waals surface area contributed by atoms with E-state index in [4.69, 9.17) is 5.26 Å². The minimum atomic E-state index is -1.09. The third-order valence-corrected chi connectivity index (χ3v) is 4.37. The van der Waals surface area contributed by atoms with Crippen LogP contribution in [0, 0.1) is 0 Å². The number of aliphatic hydroxyl groups excluding tert-OH is 3. The Kier molecular flexibility index (Phi) is 15.4. The monoisotopic (exact) mass is 348 g/mol. The molecule has 0 spiro atoms. The van der Waals surface area contributed by atoms with E-state index in [0.29, 0.717) is 19.3 Å². The second kappa shape index (κ2) is 15.8. The van der Waals surface area contributed by atoms with Crippen LogP contribution in [-0.4, -0.2) is 44.9 Å². The van der Waals surface area contributed by atoms with Gasteiger partial charge in [0, 0.05) is 6.42 Å². The van der Waals surface area contributed by atoms with Gasteiger partial charge < -0.3 is 20.2 Å². The maximum Gasteiger partial charge on any atom is 0.342 e. The summed E-state index contributed by atoms with van der Waals surface area (Å²) in [5, 5.41) is 37.9. The van der Waals surface area contributed by atoms with Crippen LogP contribution in [0.5, 0.6) is 0 Å². The number of hydrogen-bond acceptors (Lipinski definition) is 6. The molecule has 0 rings (SSSR count). The number of aliphatic hydroxyl groups is 3. The Labute approximate surface area is 145 Å². The normalized spacial score (nSPS) is 15.0. The smallest absolute Gasteiger partial charge is 0.342 e. The van der Waals surface area contributed by atoms with Crippen LogP contribution in [0.1, 0.15) is 90.4 Å². The maximum absolute atomic E-state index is 10.7. The first-order chi connectivity index (χ1) is 11.5. The molecule has 0 aliphatic heterocycles. The van der Waals surface area contributed by atoms with E-state index in [9.17, 15) is 20.1 Å². The molecule has 3 unspecified atom stereocenters. The topological polar surface area (TPSA) is 107 Å². The third-order valence-electron chi connectivity index (χ3n) is 4.37. The molecule has 0 saturated carbocycles. The summed E-state index contributed by atoms with van der Waals surface area (Å²) in [6, 6.07) is 0. The number of unbranched alkanes of at least 4 members (excludes halogenated alkanes) is 8. The van der Waals surface area contributed by atoms with Gasteiger partial charge in [-0.25, -0.2) is 4.79 Å². The van der Waals surface area contributed by atoms with Crippen LogP contribution in [0.2, 0.25) is 0 Å². The van der Waals surface area contributed by atoms with Crippen molar-refractivity contribution in [2.45, 2.75) is 109 Å². The average molecular weight is 348 g/mol. The zero-order valence-electron chi connectivity index (χ0n) is 15.0. The zero-order valence-corrected chi connectivity index (χ0v) is 15.0. The first kappa shape index (κ1) is 23.3. The van der Waals surface area contributed by atoms with Gasteiger partial charge in [-0.05, 0) is 19.3 Å². The van der Waals surface area contributed by atoms with Gasteiger partial charge in [-0.2, -0.15) is 5.26 Å². The van der Waals surface area contributed by atoms with Gasteiger partial charge in [0.15, 0.2) is 0 Å². The van der Waals surface area contributed by atoms with Gasteiger partial charge in [-0.3, -0.25) is 0 Å². The van der Waals surface area contributed by atoms with Gasteiger partial charge in [-0.1, -0.05) is 64.7 Å². The van der Waals surface area contributed by atoms with E-state index in [1.54, 1.807) is 0 Å². The summed E-state index contributed by atoms with van der Waals surface area (Å²) in [7, 11) is 0. The Hall–Kier alpha value is -0.690. The zero-order chi connectivity index (χ0) is 18.2. The van der Waals surface area contributed by atoms with Crippen LogP contribution in [0.4, 0.5) is 0 Å². The quantitative estimate of drug-likeness (QED) is 0.194. The molecule has 6 nitrogen and oxygen atoms in total. The van der Waals surface area contributed by atoms with Gasteiger partial charge >= 0.3 is 5.97 Å². The molecule has 6 heteroatoms. The summed E-state index contributed by atoms with van der Waals surface area (Å²) in [6.45, 7) is 2.17. The summed E-state index contributed by atoms with van der Waals surface area (Å²) in [5.41, 5.74) is 0. The standard InChI is InChI=1S/C18H36O6/c1-2-3-4-5-6-9-12-15(19)18(22)16(20)13-10-7-8-11-14-17(21)24-23/h15-16,18-20,22-23H,2-14H2,1H3. The van der Waals surface area contributed by atoms with E-state index in [2.05, 4.69) is 11.8 Å². The number of carbonyl (C=O) groups is 1. The Morgan fingerprint density at radius 2 is 1.25 bits per heavy atom. The molecule has 0 heterocycles. The lowest BCUT2D eigenvalue weighted by Gasteiger charge is -2.23. The molecular weight excluding hydrogens is 312 g/mol. The fourth-order valence-electron chi connectivity index (χ4n) is 2.75. The number of rotatable bonds is 16. The lowest BCUT2D eigenvalue weighted by molar-refractivity contribution is -0.234. The second-order valence-corrected chi connectivity index (χ2v) is 6.60. The van der Waals surface area contributed by atoms with Crippen molar-refractivity contribution in [3.8, 4) is 0 Å². The van der Waals surface area contributed by atoms with Crippen LogP contribution in [0.3, 0.4) is 0 Å². The van der Waals surface area contributed by atoms with Crippen LogP contribution in [0.15, 0.2) is 0 Å². The summed E-state index contributed by atoms with van der Waals surface area (Å²) >= 11 is 0. The SMILES string of the molecule is CCCCCCCCC(O)C(O)C(O)CCCCCCC(=O)OO. The molecule has 0 aromatic carbocycles. The minimum Gasteiger partial charge on any atom is -0.390 e. The maximum atomic E-state index is 10.7. The molecule has 0 aliphatic rings. The molecule has 4 N–H and O–H groups in total. The van der Waals surface area contributed by atoms with Crippen molar-refractivity contribution in [3.05, 3.63) is 0 Å². The van der Waals surface area contributed by atoms with Gasteiger partial charge in [0.1, 0.15) is 6.10 Å². The van der Waals surface area contributed by atoms with Crippen molar-refractivity contribution in [2.75, 3.05) is 0 Å². The van der Waals surface area contributed by atoms with Crippen molar-refractivity contribution in [1.82, 2.24) is 0 Å². The average Bonchev–Trinajstić information content (AvgIpc) is 2.59. The lowest BCUT2D eigenvalue weighted by Crippen LogP contribution is -2.37. The Morgan fingerprint density at radius 3 is 1.75 bits per heavy atom. The molecule has 0 saturated heterocycles. The molecular formula is C18H36O6. The van der Waals surface area contributed by atoms with E-state index in [1.807, 2.05) is 0 Å². The molecule has 0 aliphatic carbocycles. The summed E-state index contributed by atoms with van der Waals surface area (Å²) in [4.78, 5) is 14.3. The molecule has 0 bridgehead atoms. The van der Waals surface area contributed by atoms with E-state index in [0.717, 1.165) is 38.5 Å². The highest BCUT2D eigenvalue weighted by atomic mass is 17.1. The van der Waals surface area contributed by atoms with Crippen molar-refractivity contribution < 1.29 is 30.3 Å². The number of hydrogen-bond donors (Lipinski definition) is 4. The molecule has 0 amide bonds. The van der Waals surface area contributed by atoms with E-state index < -0.39 is 24.3 Å². The molecule has 0 radical (unpaired) electrons. The van der Waals surface area contributed by atoms with Gasteiger partial charge in [-0.15, -0.1) is 0 Å². The minimum absolute atomic E-state index is 0.179. The predicted octanol–water partition coefficient (Wildman–Crippen LogP) is 3.18. The van der Waals surface area contributed by atoms with Crippen LogP contribution in [-0.2, 0) is 9.68 Å². The van der Waals surface area contributed by atoms with Crippen LogP contribution >= 0.6 is 0 Å². The van der Waals surface area contributed by atoms with Crippen LogP contribution in [0.25, 0.3) is 0 Å². The Morgan fingerprint density at radius 1 is 0.792 bits per heavy atom. The second-order valence-electron chi connectivity index (χ2n) is 6.60. The highest BCUT2D eigenvalue weighted by molar-refractivity contribution is 5.68. The molecule has 144 valence electrons. The van der Waals surface area contributed by atoms with Gasteiger partial charge in [0.05, 0.1) is 12.2 Å². The fourth-order valence-corrected chi connectivity index (χ4v) is 2.75. The summed E-state index contributed by atoms with van der Waals surface area (Å²) in [5.74, 6) is -0.636. The largest absolute Gasteiger partial charge is 0.390 e. The molecule has 0 aromatic heterocycles. The highest BCUT2D eigenvalue weighted by Gasteiger charge is 2.23. The first-order valence-corrected chi connectivity index (χ1v) is 9.41. The molecule has 0 aromatic rings. The van der Waals surface area contributed by atoms with Crippen molar-refractivity contribution in [2.24, 2.45) is 0 Å². The fraction of sp³-hybridized carbons (Fsp3) is 0.944. The number of carbonyl (C=O) groups excluding carboxylic acids is 1. The van der Waals surface area contributed by atoms with Crippen molar-refractivity contribution in [3.63, 3.8) is 0 Å². The van der Waals surface area contributed by atoms with Crippen molar-refractivity contribution >= 4 is 5.97 Å².